The van der Waals surface area contributed by atoms with Crippen LogP contribution in [-0.2, 0) is 11.3 Å². The third-order valence-corrected chi connectivity index (χ3v) is 3.48. The first-order valence-corrected chi connectivity index (χ1v) is 7.04. The van der Waals surface area contributed by atoms with Crippen molar-refractivity contribution in [2.45, 2.75) is 20.5 Å². The summed E-state index contributed by atoms with van der Waals surface area (Å²) in [4.78, 5) is 12.0. The quantitative estimate of drug-likeness (QED) is 0.682. The maximum Gasteiger partial charge on any atom is 0.338 e. The number of halogens is 1. The number of nitrogens with two attached hydrogens (primary N) is 1. The van der Waals surface area contributed by atoms with Crippen LogP contribution in [0.25, 0.3) is 0 Å². The summed E-state index contributed by atoms with van der Waals surface area (Å²) in [7, 11) is 0. The minimum absolute atomic E-state index is 0.263. The average Bonchev–Trinajstić information content (AvgIpc) is 2.38. The van der Waals surface area contributed by atoms with Crippen molar-refractivity contribution in [1.82, 2.24) is 0 Å². The molecule has 0 saturated carbocycles. The first kappa shape index (κ1) is 14.6. The standard InChI is InChI=1S/C16H16BrNO2/c1-10-3-4-11(2)13(5-10)9-20-16(19)12-6-14(17)8-15(18)7-12/h3-8H,9,18H2,1-2H3. The molecule has 2 aromatic carbocycles. The van der Waals surface area contributed by atoms with Crippen molar-refractivity contribution < 1.29 is 9.53 Å². The molecule has 2 aromatic rings. The van der Waals surface area contributed by atoms with E-state index in [9.17, 15) is 4.79 Å². The van der Waals surface area contributed by atoms with Crippen molar-refractivity contribution in [2.24, 2.45) is 0 Å². The van der Waals surface area contributed by atoms with Gasteiger partial charge < -0.3 is 10.5 Å². The third-order valence-electron chi connectivity index (χ3n) is 3.02. The van der Waals surface area contributed by atoms with Crippen LogP contribution < -0.4 is 5.73 Å². The second-order valence-corrected chi connectivity index (χ2v) is 5.69. The monoisotopic (exact) mass is 333 g/mol. The fraction of sp³-hybridized carbons (Fsp3) is 0.188. The molecule has 3 nitrogen and oxygen atoms in total. The van der Waals surface area contributed by atoms with E-state index in [-0.39, 0.29) is 12.6 Å². The molecule has 0 aromatic heterocycles. The fourth-order valence-corrected chi connectivity index (χ4v) is 2.42. The number of hydrogen-bond donors (Lipinski definition) is 1. The fourth-order valence-electron chi connectivity index (χ4n) is 1.91. The Morgan fingerprint density at radius 3 is 2.65 bits per heavy atom. The van der Waals surface area contributed by atoms with Crippen LogP contribution >= 0.6 is 15.9 Å². The Morgan fingerprint density at radius 1 is 1.20 bits per heavy atom. The minimum atomic E-state index is -0.376. The van der Waals surface area contributed by atoms with Gasteiger partial charge >= 0.3 is 5.97 Å². The number of carbonyl (C=O) groups excluding carboxylic acids is 1. The van der Waals surface area contributed by atoms with Crippen LogP contribution in [0.4, 0.5) is 5.69 Å². The normalized spacial score (nSPS) is 10.3. The molecular weight excluding hydrogens is 318 g/mol. The van der Waals surface area contributed by atoms with Crippen LogP contribution in [0.5, 0.6) is 0 Å². The maximum atomic E-state index is 12.0. The van der Waals surface area contributed by atoms with Gasteiger partial charge in [0.05, 0.1) is 5.56 Å². The van der Waals surface area contributed by atoms with Gasteiger partial charge in [0.15, 0.2) is 0 Å². The molecule has 0 atom stereocenters. The van der Waals surface area contributed by atoms with Crippen molar-refractivity contribution in [3.05, 3.63) is 63.1 Å². The predicted molar refractivity (Wildman–Crippen MR) is 83.6 cm³/mol. The van der Waals surface area contributed by atoms with Crippen LogP contribution in [0.1, 0.15) is 27.0 Å². The Kier molecular flexibility index (Phi) is 4.45. The lowest BCUT2D eigenvalue weighted by Crippen LogP contribution is -2.07. The van der Waals surface area contributed by atoms with Gasteiger partial charge in [-0.3, -0.25) is 0 Å². The molecule has 0 aliphatic rings. The summed E-state index contributed by atoms with van der Waals surface area (Å²) in [5.41, 5.74) is 9.95. The zero-order valence-electron chi connectivity index (χ0n) is 11.4. The van der Waals surface area contributed by atoms with Gasteiger partial charge in [0.2, 0.25) is 0 Å². The molecule has 0 saturated heterocycles. The molecule has 4 heteroatoms. The highest BCUT2D eigenvalue weighted by Gasteiger charge is 2.10. The van der Waals surface area contributed by atoms with E-state index in [0.29, 0.717) is 11.3 Å². The smallest absolute Gasteiger partial charge is 0.338 e. The highest BCUT2D eigenvalue weighted by Crippen LogP contribution is 2.19. The number of carbonyl (C=O) groups is 1. The van der Waals surface area contributed by atoms with E-state index in [0.717, 1.165) is 21.2 Å². The van der Waals surface area contributed by atoms with Gasteiger partial charge in [-0.05, 0) is 43.2 Å². The van der Waals surface area contributed by atoms with Crippen molar-refractivity contribution in [3.63, 3.8) is 0 Å². The van der Waals surface area contributed by atoms with Gasteiger partial charge in [-0.15, -0.1) is 0 Å². The molecule has 0 spiro atoms. The number of hydrogen-bond acceptors (Lipinski definition) is 3. The highest BCUT2D eigenvalue weighted by atomic mass is 79.9. The van der Waals surface area contributed by atoms with Crippen LogP contribution in [0, 0.1) is 13.8 Å². The lowest BCUT2D eigenvalue weighted by molar-refractivity contribution is 0.0472. The topological polar surface area (TPSA) is 52.3 Å². The Bertz CT molecular complexity index is 633. The minimum Gasteiger partial charge on any atom is -0.457 e. The number of esters is 1. The second-order valence-electron chi connectivity index (χ2n) is 4.78. The van der Waals surface area contributed by atoms with E-state index in [1.165, 1.54) is 0 Å². The molecular formula is C16H16BrNO2. The van der Waals surface area contributed by atoms with Gasteiger partial charge in [0.1, 0.15) is 6.61 Å². The average molecular weight is 334 g/mol. The molecule has 104 valence electrons. The van der Waals surface area contributed by atoms with E-state index in [2.05, 4.69) is 15.9 Å². The summed E-state index contributed by atoms with van der Waals surface area (Å²) < 4.78 is 6.10. The highest BCUT2D eigenvalue weighted by molar-refractivity contribution is 9.10. The predicted octanol–water partition coefficient (Wildman–Crippen LogP) is 4.01. The number of anilines is 1. The van der Waals surface area contributed by atoms with Gasteiger partial charge in [-0.2, -0.15) is 0 Å². The Morgan fingerprint density at radius 2 is 1.95 bits per heavy atom. The summed E-state index contributed by atoms with van der Waals surface area (Å²) >= 11 is 3.31. The van der Waals surface area contributed by atoms with E-state index < -0.39 is 0 Å². The van der Waals surface area contributed by atoms with Crippen molar-refractivity contribution in [1.29, 1.82) is 0 Å². The van der Waals surface area contributed by atoms with Gasteiger partial charge in [0, 0.05) is 10.2 Å². The molecule has 0 bridgehead atoms. The number of rotatable bonds is 3. The summed E-state index contributed by atoms with van der Waals surface area (Å²) in [5, 5.41) is 0. The molecule has 0 aliphatic heterocycles. The second kappa shape index (κ2) is 6.09. The molecule has 20 heavy (non-hydrogen) atoms. The summed E-state index contributed by atoms with van der Waals surface area (Å²) in [6.45, 7) is 4.28. The van der Waals surface area contributed by atoms with Crippen LogP contribution in [0.3, 0.4) is 0 Å². The van der Waals surface area contributed by atoms with Crippen molar-refractivity contribution in [3.8, 4) is 0 Å². The van der Waals surface area contributed by atoms with Crippen LogP contribution in [0.2, 0.25) is 0 Å². The summed E-state index contributed by atoms with van der Waals surface area (Å²) in [6, 6.07) is 11.1. The zero-order chi connectivity index (χ0) is 14.7. The van der Waals surface area contributed by atoms with E-state index in [4.69, 9.17) is 10.5 Å². The first-order chi connectivity index (χ1) is 9.45. The molecule has 2 rings (SSSR count). The van der Waals surface area contributed by atoms with Crippen LogP contribution in [-0.4, -0.2) is 5.97 Å². The van der Waals surface area contributed by atoms with Crippen molar-refractivity contribution >= 4 is 27.6 Å². The molecule has 0 fully saturated rings. The molecule has 0 amide bonds. The van der Waals surface area contributed by atoms with Crippen molar-refractivity contribution in [2.75, 3.05) is 5.73 Å². The largest absolute Gasteiger partial charge is 0.457 e. The molecule has 0 unspecified atom stereocenters. The lowest BCUT2D eigenvalue weighted by atomic mass is 10.1. The zero-order valence-corrected chi connectivity index (χ0v) is 13.0. The van der Waals surface area contributed by atoms with Gasteiger partial charge in [-0.25, -0.2) is 4.79 Å². The third kappa shape index (κ3) is 3.61. The van der Waals surface area contributed by atoms with Gasteiger partial charge in [0.25, 0.3) is 0 Å². The number of ether oxygens (including phenoxy) is 1. The van der Waals surface area contributed by atoms with Gasteiger partial charge in [-0.1, -0.05) is 39.7 Å². The summed E-state index contributed by atoms with van der Waals surface area (Å²) in [6.07, 6.45) is 0. The number of nitrogen functional groups attached to an aromatic ring is 1. The number of aryl methyl sites for hydroxylation is 2. The molecule has 2 N–H and O–H groups in total. The van der Waals surface area contributed by atoms with E-state index in [1.54, 1.807) is 18.2 Å². The first-order valence-electron chi connectivity index (χ1n) is 6.25. The lowest BCUT2D eigenvalue weighted by Gasteiger charge is -2.09. The van der Waals surface area contributed by atoms with E-state index in [1.807, 2.05) is 32.0 Å². The molecule has 0 radical (unpaired) electrons. The Balaban J connectivity index is 2.10. The number of benzene rings is 2. The Labute approximate surface area is 126 Å². The molecule has 0 heterocycles. The summed E-state index contributed by atoms with van der Waals surface area (Å²) in [5.74, 6) is -0.376. The maximum absolute atomic E-state index is 12.0. The molecule has 0 aliphatic carbocycles. The Hall–Kier alpha value is -1.81. The SMILES string of the molecule is Cc1ccc(C)c(COC(=O)c2cc(N)cc(Br)c2)c1. The van der Waals surface area contributed by atoms with Crippen LogP contribution in [0.15, 0.2) is 40.9 Å². The van der Waals surface area contributed by atoms with E-state index >= 15 is 0 Å².